The number of halogens is 3. The molecule has 1 saturated heterocycles. The molecule has 3 aromatic rings. The molecule has 8 heteroatoms. The van der Waals surface area contributed by atoms with Gasteiger partial charge in [0, 0.05) is 42.2 Å². The van der Waals surface area contributed by atoms with E-state index in [1.807, 2.05) is 24.3 Å². The summed E-state index contributed by atoms with van der Waals surface area (Å²) < 4.78 is 13.5. The summed E-state index contributed by atoms with van der Waals surface area (Å²) in [5.41, 5.74) is 2.41. The van der Waals surface area contributed by atoms with Gasteiger partial charge in [-0.3, -0.25) is 4.98 Å². The van der Waals surface area contributed by atoms with Crippen LogP contribution in [0.3, 0.4) is 0 Å². The minimum Gasteiger partial charge on any atom is -0.340 e. The van der Waals surface area contributed by atoms with E-state index in [0.29, 0.717) is 11.5 Å². The second kappa shape index (κ2) is 10.3. The van der Waals surface area contributed by atoms with E-state index in [0.717, 1.165) is 43.0 Å². The molecular formula is C20H22Cl2FN5. The molecule has 5 nitrogen and oxygen atoms in total. The topological polar surface area (TPSA) is 62.7 Å². The number of hydrogen-bond donors (Lipinski definition) is 2. The fourth-order valence-electron chi connectivity index (χ4n) is 3.16. The molecule has 1 unspecified atom stereocenters. The lowest BCUT2D eigenvalue weighted by molar-refractivity contribution is 0.447. The van der Waals surface area contributed by atoms with Crippen LogP contribution in [0, 0.1) is 5.82 Å². The Balaban J connectivity index is 0.00000140. The van der Waals surface area contributed by atoms with Gasteiger partial charge in [0.1, 0.15) is 17.5 Å². The van der Waals surface area contributed by atoms with Crippen LogP contribution in [-0.4, -0.2) is 28.0 Å². The highest BCUT2D eigenvalue weighted by Gasteiger charge is 2.19. The molecule has 1 aromatic carbocycles. The zero-order valence-electron chi connectivity index (χ0n) is 15.1. The Morgan fingerprint density at radius 3 is 2.68 bits per heavy atom. The highest BCUT2D eigenvalue weighted by atomic mass is 35.5. The van der Waals surface area contributed by atoms with Crippen LogP contribution in [-0.2, 0) is 0 Å². The maximum Gasteiger partial charge on any atom is 0.135 e. The van der Waals surface area contributed by atoms with Crippen molar-refractivity contribution in [3.8, 4) is 11.3 Å². The summed E-state index contributed by atoms with van der Waals surface area (Å²) in [6.45, 7) is 1.91. The van der Waals surface area contributed by atoms with Gasteiger partial charge in [0.15, 0.2) is 0 Å². The van der Waals surface area contributed by atoms with Gasteiger partial charge < -0.3 is 10.6 Å². The van der Waals surface area contributed by atoms with Crippen molar-refractivity contribution in [1.29, 1.82) is 0 Å². The van der Waals surface area contributed by atoms with Crippen LogP contribution < -0.4 is 10.6 Å². The molecule has 2 aromatic heterocycles. The first kappa shape index (κ1) is 22.0. The number of pyridine rings is 1. The molecule has 0 radical (unpaired) electrons. The maximum absolute atomic E-state index is 13.5. The minimum atomic E-state index is -0.284. The van der Waals surface area contributed by atoms with Crippen LogP contribution in [0.5, 0.6) is 0 Å². The van der Waals surface area contributed by atoms with Crippen molar-refractivity contribution in [2.75, 3.05) is 18.4 Å². The van der Waals surface area contributed by atoms with E-state index in [1.54, 1.807) is 18.5 Å². The van der Waals surface area contributed by atoms with Crippen molar-refractivity contribution in [3.63, 3.8) is 0 Å². The first-order valence-corrected chi connectivity index (χ1v) is 8.80. The highest BCUT2D eigenvalue weighted by Crippen LogP contribution is 2.27. The monoisotopic (exact) mass is 421 g/mol. The van der Waals surface area contributed by atoms with Crippen molar-refractivity contribution in [1.82, 2.24) is 20.3 Å². The number of aromatic nitrogens is 3. The largest absolute Gasteiger partial charge is 0.340 e. The van der Waals surface area contributed by atoms with Crippen molar-refractivity contribution < 1.29 is 4.39 Å². The van der Waals surface area contributed by atoms with Crippen LogP contribution >= 0.6 is 24.8 Å². The second-order valence-corrected chi connectivity index (χ2v) is 6.42. The number of hydrogen-bond acceptors (Lipinski definition) is 5. The van der Waals surface area contributed by atoms with E-state index in [4.69, 9.17) is 9.97 Å². The van der Waals surface area contributed by atoms with Gasteiger partial charge in [0.25, 0.3) is 0 Å². The Bertz CT molecular complexity index is 889. The average Bonchev–Trinajstić information content (AvgIpc) is 2.69. The number of rotatable bonds is 4. The number of anilines is 2. The van der Waals surface area contributed by atoms with Gasteiger partial charge in [-0.2, -0.15) is 0 Å². The summed E-state index contributed by atoms with van der Waals surface area (Å²) in [6.07, 6.45) is 5.69. The Morgan fingerprint density at radius 2 is 1.96 bits per heavy atom. The lowest BCUT2D eigenvalue weighted by Crippen LogP contribution is -2.29. The van der Waals surface area contributed by atoms with Crippen LogP contribution in [0.25, 0.3) is 11.3 Å². The third-order valence-corrected chi connectivity index (χ3v) is 4.46. The third kappa shape index (κ3) is 5.38. The molecule has 0 amide bonds. The molecule has 3 heterocycles. The Morgan fingerprint density at radius 1 is 1.07 bits per heavy atom. The molecule has 0 spiro atoms. The van der Waals surface area contributed by atoms with Crippen molar-refractivity contribution in [2.24, 2.45) is 0 Å². The molecule has 1 aliphatic heterocycles. The summed E-state index contributed by atoms with van der Waals surface area (Å²) in [7, 11) is 0. The predicted molar refractivity (Wildman–Crippen MR) is 114 cm³/mol. The van der Waals surface area contributed by atoms with Gasteiger partial charge in [-0.15, -0.1) is 24.8 Å². The van der Waals surface area contributed by atoms with Gasteiger partial charge in [0.05, 0.1) is 5.69 Å². The summed E-state index contributed by atoms with van der Waals surface area (Å²) in [6, 6.07) is 12.1. The quantitative estimate of drug-likeness (QED) is 0.637. The molecule has 0 saturated carbocycles. The summed E-state index contributed by atoms with van der Waals surface area (Å²) in [4.78, 5) is 13.7. The van der Waals surface area contributed by atoms with Gasteiger partial charge in [-0.25, -0.2) is 14.4 Å². The van der Waals surface area contributed by atoms with Crippen molar-refractivity contribution in [2.45, 2.75) is 18.8 Å². The van der Waals surface area contributed by atoms with E-state index in [-0.39, 0.29) is 36.5 Å². The first-order chi connectivity index (χ1) is 12.8. The highest BCUT2D eigenvalue weighted by molar-refractivity contribution is 5.85. The maximum atomic E-state index is 13.5. The van der Waals surface area contributed by atoms with Gasteiger partial charge in [0.2, 0.25) is 0 Å². The lowest BCUT2D eigenvalue weighted by Gasteiger charge is -2.22. The molecule has 28 heavy (non-hydrogen) atoms. The fraction of sp³-hybridized carbons (Fsp3) is 0.250. The molecule has 1 fully saturated rings. The third-order valence-electron chi connectivity index (χ3n) is 4.46. The number of piperidine rings is 1. The summed E-state index contributed by atoms with van der Waals surface area (Å²) in [5.74, 6) is 1.45. The van der Waals surface area contributed by atoms with E-state index in [2.05, 4.69) is 15.6 Å². The molecular weight excluding hydrogens is 400 g/mol. The standard InChI is InChI=1S/C20H20FN5.2ClH/c21-16-6-1-7-17(10-16)24-19-11-18(14-4-2-8-22-12-14)25-20(26-19)15-5-3-9-23-13-15;;/h1-2,4,6-8,10-12,15,23H,3,5,9,13H2,(H,24,25,26);2*1H. The lowest BCUT2D eigenvalue weighted by atomic mass is 9.98. The molecule has 0 bridgehead atoms. The molecule has 1 atom stereocenters. The van der Waals surface area contributed by atoms with Crippen LogP contribution in [0.2, 0.25) is 0 Å². The van der Waals surface area contributed by atoms with Crippen molar-refractivity contribution in [3.05, 3.63) is 66.5 Å². The van der Waals surface area contributed by atoms with Crippen molar-refractivity contribution >= 4 is 36.3 Å². The second-order valence-electron chi connectivity index (χ2n) is 6.42. The zero-order chi connectivity index (χ0) is 17.8. The summed E-state index contributed by atoms with van der Waals surface area (Å²) >= 11 is 0. The molecule has 4 rings (SSSR count). The molecule has 148 valence electrons. The van der Waals surface area contributed by atoms with Gasteiger partial charge >= 0.3 is 0 Å². The Kier molecular flexibility index (Phi) is 8.11. The number of nitrogens with one attached hydrogen (secondary N) is 2. The van der Waals surface area contributed by atoms with Crippen LogP contribution in [0.1, 0.15) is 24.6 Å². The van der Waals surface area contributed by atoms with Gasteiger partial charge in [-0.05, 0) is 49.7 Å². The van der Waals surface area contributed by atoms with E-state index >= 15 is 0 Å². The molecule has 1 aliphatic rings. The smallest absolute Gasteiger partial charge is 0.135 e. The normalized spacial score (nSPS) is 15.8. The molecule has 0 aliphatic carbocycles. The van der Waals surface area contributed by atoms with Crippen LogP contribution in [0.4, 0.5) is 15.9 Å². The number of nitrogens with zero attached hydrogens (tertiary/aromatic N) is 3. The van der Waals surface area contributed by atoms with Crippen LogP contribution in [0.15, 0.2) is 54.9 Å². The van der Waals surface area contributed by atoms with E-state index in [1.165, 1.54) is 12.1 Å². The zero-order valence-corrected chi connectivity index (χ0v) is 16.8. The number of benzene rings is 1. The van der Waals surface area contributed by atoms with E-state index < -0.39 is 0 Å². The first-order valence-electron chi connectivity index (χ1n) is 8.80. The average molecular weight is 422 g/mol. The molecule has 2 N–H and O–H groups in total. The predicted octanol–water partition coefficient (Wildman–Crippen LogP) is 4.73. The fourth-order valence-corrected chi connectivity index (χ4v) is 3.16. The van der Waals surface area contributed by atoms with E-state index in [9.17, 15) is 4.39 Å². The summed E-state index contributed by atoms with van der Waals surface area (Å²) in [5, 5.41) is 6.61. The van der Waals surface area contributed by atoms with Gasteiger partial charge in [-0.1, -0.05) is 6.07 Å². The SMILES string of the molecule is Cl.Cl.Fc1cccc(Nc2cc(-c3cccnc3)nc(C3CCCNC3)n2)c1. The minimum absolute atomic E-state index is 0. The Labute approximate surface area is 176 Å². The Hall–Kier alpha value is -2.28.